The van der Waals surface area contributed by atoms with Crippen molar-refractivity contribution in [1.82, 2.24) is 30.0 Å². The fraction of sp³-hybridized carbons (Fsp3) is 0.295. The molecule has 2 aliphatic rings. The van der Waals surface area contributed by atoms with Gasteiger partial charge in [-0.15, -0.1) is 21.5 Å². The van der Waals surface area contributed by atoms with Crippen molar-refractivity contribution in [1.29, 1.82) is 0 Å². The highest BCUT2D eigenvalue weighted by Crippen LogP contribution is 2.34. The molecule has 4 aromatic carbocycles. The molecule has 0 radical (unpaired) electrons. The van der Waals surface area contributed by atoms with Gasteiger partial charge in [0.15, 0.2) is 0 Å². The van der Waals surface area contributed by atoms with Gasteiger partial charge in [-0.1, -0.05) is 83.9 Å². The molecule has 61 heavy (non-hydrogen) atoms. The molecule has 8 rings (SSSR count). The molecule has 0 bridgehead atoms. The van der Waals surface area contributed by atoms with Gasteiger partial charge in [0.1, 0.15) is 0 Å². The number of hydrogen-bond donors (Lipinski definition) is 1. The summed E-state index contributed by atoms with van der Waals surface area (Å²) in [4.78, 5) is 34.5. The maximum atomic E-state index is 13.5. The van der Waals surface area contributed by atoms with Crippen LogP contribution < -0.4 is 10.2 Å². The normalized spacial score (nSPS) is 15.7. The molecule has 0 spiro atoms. The molecule has 17 heteroatoms. The number of thiazole rings is 1. The molecule has 2 aliphatic heterocycles. The maximum Gasteiger partial charge on any atom is 0.296 e. The minimum Gasteiger partial charge on any atom is -0.350 e. The summed E-state index contributed by atoms with van der Waals surface area (Å²) in [7, 11) is -3.88. The first-order valence-corrected chi connectivity index (χ1v) is 22.8. The standard InChI is InChI=1S/C26H23ClN4O3S.C18H20ClF2N3OS/c1-17-6-5-9-23(18(17)2)30-14-15-31-24(25(30)32)28-29-26(31)35(33,34)16-20-7-3-4-8-22(20)19-10-12-21(27)13-11-19;1-12-3-2-4-13(19)16(12)17(25)23-9-14(15-10-22-11-26-15)24-7-5-18(20,21)6-8-24/h3-13H,14-16H2,1-2H3;2-4,10-11,14H,5-9H2,1H3,(H,23,25). The van der Waals surface area contributed by atoms with Crippen LogP contribution in [-0.4, -0.2) is 77.0 Å². The van der Waals surface area contributed by atoms with Crippen LogP contribution >= 0.6 is 34.5 Å². The average molecular weight is 907 g/mol. The number of hydrogen-bond acceptors (Lipinski definition) is 9. The lowest BCUT2D eigenvalue weighted by Gasteiger charge is -2.37. The van der Waals surface area contributed by atoms with Gasteiger partial charge in [0.05, 0.1) is 27.9 Å². The van der Waals surface area contributed by atoms with Crippen molar-refractivity contribution in [3.05, 3.63) is 145 Å². The second kappa shape index (κ2) is 18.5. The number of carbonyl (C=O) groups excluding carboxylic acids is 2. The van der Waals surface area contributed by atoms with Crippen molar-refractivity contribution >= 4 is 61.9 Å². The Morgan fingerprint density at radius 1 is 0.885 bits per heavy atom. The molecule has 318 valence electrons. The third-order valence-corrected chi connectivity index (χ3v) is 14.0. The SMILES string of the molecule is Cc1cccc(Cl)c1C(=O)NCC(c1cncs1)N1CCC(F)(F)CC1.Cc1cccc(N2CCn3c(nnc3S(=O)(=O)Cc3ccccc3-c3ccc(Cl)cc3)C2=O)c1C. The molecule has 6 aromatic rings. The third kappa shape index (κ3) is 9.86. The second-order valence-electron chi connectivity index (χ2n) is 15.0. The molecule has 0 aliphatic carbocycles. The zero-order valence-corrected chi connectivity index (χ0v) is 36.8. The van der Waals surface area contributed by atoms with Crippen molar-refractivity contribution in [2.75, 3.05) is 31.1 Å². The van der Waals surface area contributed by atoms with Gasteiger partial charge in [-0.3, -0.25) is 24.0 Å². The van der Waals surface area contributed by atoms with Gasteiger partial charge in [-0.25, -0.2) is 17.2 Å². The molecule has 11 nitrogen and oxygen atoms in total. The van der Waals surface area contributed by atoms with Crippen molar-refractivity contribution in [3.8, 4) is 11.1 Å². The number of nitrogens with zero attached hydrogens (tertiary/aromatic N) is 6. The predicted molar refractivity (Wildman–Crippen MR) is 235 cm³/mol. The molecule has 1 fully saturated rings. The van der Waals surface area contributed by atoms with Gasteiger partial charge in [0.25, 0.3) is 22.9 Å². The van der Waals surface area contributed by atoms with Crippen molar-refractivity contribution in [2.24, 2.45) is 0 Å². The first-order chi connectivity index (χ1) is 29.1. The predicted octanol–water partition coefficient (Wildman–Crippen LogP) is 9.16. The molecule has 1 atom stereocenters. The van der Waals surface area contributed by atoms with Crippen molar-refractivity contribution < 1.29 is 26.8 Å². The number of anilines is 1. The number of alkyl halides is 2. The van der Waals surface area contributed by atoms with Crippen LogP contribution in [0.15, 0.2) is 102 Å². The van der Waals surface area contributed by atoms with E-state index in [1.165, 1.54) is 15.9 Å². The Morgan fingerprint density at radius 2 is 1.59 bits per heavy atom. The van der Waals surface area contributed by atoms with E-state index in [0.717, 1.165) is 38.4 Å². The maximum absolute atomic E-state index is 13.5. The molecule has 2 amide bonds. The number of halogens is 4. The van der Waals surface area contributed by atoms with E-state index in [9.17, 15) is 26.8 Å². The van der Waals surface area contributed by atoms with E-state index >= 15 is 0 Å². The zero-order valence-electron chi connectivity index (χ0n) is 33.6. The topological polar surface area (TPSA) is 130 Å². The molecule has 1 unspecified atom stereocenters. The Hall–Kier alpha value is -5.06. The van der Waals surface area contributed by atoms with Gasteiger partial charge >= 0.3 is 0 Å². The van der Waals surface area contributed by atoms with Crippen LogP contribution in [0.25, 0.3) is 11.1 Å². The Labute approximate surface area is 367 Å². The van der Waals surface area contributed by atoms with Crippen LogP contribution in [0, 0.1) is 20.8 Å². The van der Waals surface area contributed by atoms with Crippen molar-refractivity contribution in [2.45, 2.75) is 63.0 Å². The number of benzene rings is 4. The fourth-order valence-corrected chi connectivity index (χ4v) is 10.2. The lowest BCUT2D eigenvalue weighted by atomic mass is 10.0. The number of carbonyl (C=O) groups is 2. The van der Waals surface area contributed by atoms with Crippen LogP contribution in [0.2, 0.25) is 10.0 Å². The average Bonchev–Trinajstić information content (AvgIpc) is 3.93. The van der Waals surface area contributed by atoms with Gasteiger partial charge in [-0.05, 0) is 78.4 Å². The highest BCUT2D eigenvalue weighted by atomic mass is 35.5. The van der Waals surface area contributed by atoms with E-state index in [4.69, 9.17) is 23.2 Å². The fourth-order valence-electron chi connectivity index (χ4n) is 7.55. The van der Waals surface area contributed by atoms with Crippen LogP contribution in [0.4, 0.5) is 14.5 Å². The highest BCUT2D eigenvalue weighted by Gasteiger charge is 2.38. The Kier molecular flexibility index (Phi) is 13.4. The summed E-state index contributed by atoms with van der Waals surface area (Å²) in [5, 5.41) is 11.7. The minimum absolute atomic E-state index is 0.0294. The molecule has 4 heterocycles. The van der Waals surface area contributed by atoms with Crippen LogP contribution in [-0.2, 0) is 22.1 Å². The van der Waals surface area contributed by atoms with E-state index in [0.29, 0.717) is 34.3 Å². The number of likely N-dealkylation sites (tertiary alicyclic amines) is 1. The summed E-state index contributed by atoms with van der Waals surface area (Å²) in [6.45, 7) is 7.29. The number of amides is 2. The monoisotopic (exact) mass is 905 g/mol. The number of sulfone groups is 1. The number of rotatable bonds is 10. The number of fused-ring (bicyclic) bond motifs is 1. The molecular weight excluding hydrogens is 864 g/mol. The third-order valence-electron chi connectivity index (χ3n) is 11.0. The molecular formula is C44H43Cl2F2N7O4S2. The van der Waals surface area contributed by atoms with Crippen molar-refractivity contribution in [3.63, 3.8) is 0 Å². The molecule has 1 N–H and O–H groups in total. The van der Waals surface area contributed by atoms with Gasteiger partial charge in [-0.2, -0.15) is 0 Å². The summed E-state index contributed by atoms with van der Waals surface area (Å²) in [5.74, 6) is -3.46. The quantitative estimate of drug-likeness (QED) is 0.144. The number of nitrogens with one attached hydrogen (secondary N) is 1. The van der Waals surface area contributed by atoms with Gasteiger partial charge in [0, 0.05) is 67.3 Å². The molecule has 0 saturated carbocycles. The van der Waals surface area contributed by atoms with E-state index in [1.807, 2.05) is 74.2 Å². The Balaban J connectivity index is 0.000000193. The van der Waals surface area contributed by atoms with Crippen LogP contribution in [0.3, 0.4) is 0 Å². The Morgan fingerprint density at radius 3 is 2.30 bits per heavy atom. The lowest BCUT2D eigenvalue weighted by Crippen LogP contribution is -2.44. The summed E-state index contributed by atoms with van der Waals surface area (Å²) in [6.07, 6.45) is 1.40. The zero-order chi connectivity index (χ0) is 43.5. The second-order valence-corrected chi connectivity index (χ2v) is 18.7. The summed E-state index contributed by atoms with van der Waals surface area (Å²) in [5.41, 5.74) is 8.11. The smallest absolute Gasteiger partial charge is 0.296 e. The van der Waals surface area contributed by atoms with E-state index in [1.54, 1.807) is 53.0 Å². The summed E-state index contributed by atoms with van der Waals surface area (Å²) < 4.78 is 55.3. The number of piperidine rings is 1. The first kappa shape index (κ1) is 44.0. The summed E-state index contributed by atoms with van der Waals surface area (Å²) in [6, 6.07) is 25.5. The lowest BCUT2D eigenvalue weighted by molar-refractivity contribution is -0.0629. The first-order valence-electron chi connectivity index (χ1n) is 19.5. The minimum atomic E-state index is -3.88. The van der Waals surface area contributed by atoms with Crippen LogP contribution in [0.5, 0.6) is 0 Å². The summed E-state index contributed by atoms with van der Waals surface area (Å²) >= 11 is 13.6. The van der Waals surface area contributed by atoms with Crippen LogP contribution in [0.1, 0.15) is 67.0 Å². The number of aromatic nitrogens is 4. The van der Waals surface area contributed by atoms with Gasteiger partial charge in [0.2, 0.25) is 15.7 Å². The van der Waals surface area contributed by atoms with Gasteiger partial charge < -0.3 is 10.2 Å². The number of aryl methyl sites for hydroxylation is 2. The Bertz CT molecular complexity index is 2630. The molecule has 1 saturated heterocycles. The molecule has 2 aromatic heterocycles. The van der Waals surface area contributed by atoms with E-state index in [2.05, 4.69) is 20.5 Å². The largest absolute Gasteiger partial charge is 0.350 e. The van der Waals surface area contributed by atoms with E-state index in [-0.39, 0.29) is 67.1 Å². The highest BCUT2D eigenvalue weighted by molar-refractivity contribution is 7.90. The van der Waals surface area contributed by atoms with E-state index < -0.39 is 15.8 Å².